The number of hydrogen-bond acceptors (Lipinski definition) is 1. The molecule has 0 aromatic carbocycles. The number of halogens is 1. The van der Waals surface area contributed by atoms with Crippen molar-refractivity contribution < 1.29 is 56.5 Å². The molecule has 0 N–H and O–H groups in total. The van der Waals surface area contributed by atoms with Crippen LogP contribution in [0.2, 0.25) is 0 Å². The first-order valence-electron chi connectivity index (χ1n) is 2.08. The second-order valence-electron chi connectivity index (χ2n) is 2.11. The fraction of sp³-hybridized carbons (Fsp3) is 1.00. The Labute approximate surface area is 108 Å². The summed E-state index contributed by atoms with van der Waals surface area (Å²) in [6.45, 7) is 4.90. The molecule has 0 aliphatic heterocycles. The minimum atomic E-state index is -0.750. The van der Waals surface area contributed by atoms with Crippen LogP contribution in [0.15, 0.2) is 0 Å². The van der Waals surface area contributed by atoms with E-state index in [2.05, 4.69) is 22.6 Å². The van der Waals surface area contributed by atoms with Crippen LogP contribution in [0.5, 0.6) is 0 Å². The topological polar surface area (TPSA) is 23.1 Å². The van der Waals surface area contributed by atoms with Crippen LogP contribution in [-0.4, -0.2) is 10.5 Å². The summed E-state index contributed by atoms with van der Waals surface area (Å²) in [4.78, 5) is 1.97. The largest absolute Gasteiger partial charge is 1.00 e. The standard InChI is InChI=1S/C4H9O.CH3I.K/c1-4(2,3)5;1-2;/h1-3H3;1H3;/q-1;;+1. The van der Waals surface area contributed by atoms with Crippen molar-refractivity contribution in [1.82, 2.24) is 0 Å². The van der Waals surface area contributed by atoms with E-state index in [0.29, 0.717) is 0 Å². The zero-order valence-electron chi connectivity index (χ0n) is 6.29. The van der Waals surface area contributed by atoms with E-state index in [9.17, 15) is 5.11 Å². The summed E-state index contributed by atoms with van der Waals surface area (Å²) < 4.78 is 0. The molecule has 0 radical (unpaired) electrons. The van der Waals surface area contributed by atoms with Gasteiger partial charge in [-0.2, -0.15) is 0 Å². The number of alkyl halides is 1. The van der Waals surface area contributed by atoms with Crippen LogP contribution in [0.3, 0.4) is 0 Å². The molecule has 0 heterocycles. The fourth-order valence-electron chi connectivity index (χ4n) is 0. The van der Waals surface area contributed by atoms with Crippen molar-refractivity contribution in [2.45, 2.75) is 26.4 Å². The van der Waals surface area contributed by atoms with Gasteiger partial charge in [-0.3, -0.25) is 0 Å². The minimum absolute atomic E-state index is 0. The van der Waals surface area contributed by atoms with Crippen molar-refractivity contribution in [2.75, 3.05) is 4.93 Å². The van der Waals surface area contributed by atoms with Crippen molar-refractivity contribution in [3.8, 4) is 0 Å². The molecule has 0 amide bonds. The summed E-state index contributed by atoms with van der Waals surface area (Å²) in [5, 5.41) is 10.1. The summed E-state index contributed by atoms with van der Waals surface area (Å²) in [7, 11) is 0. The Morgan fingerprint density at radius 2 is 1.12 bits per heavy atom. The van der Waals surface area contributed by atoms with Crippen molar-refractivity contribution >= 4 is 22.6 Å². The molecule has 0 saturated heterocycles. The average molecular weight is 254 g/mol. The Hall–Kier alpha value is 2.33. The zero-order valence-corrected chi connectivity index (χ0v) is 11.6. The maximum atomic E-state index is 10.1. The molecule has 0 atom stereocenters. The maximum Gasteiger partial charge on any atom is 1.00 e. The molecule has 0 aromatic rings. The van der Waals surface area contributed by atoms with Crippen LogP contribution >= 0.6 is 22.6 Å². The third-order valence-corrected chi connectivity index (χ3v) is 0. The molecule has 0 bridgehead atoms. The smallest absolute Gasteiger partial charge is 0.850 e. The Bertz CT molecular complexity index is 27.9. The molecule has 0 spiro atoms. The molecule has 0 aromatic heterocycles. The van der Waals surface area contributed by atoms with Gasteiger partial charge in [-0.1, -0.05) is 43.4 Å². The molecule has 0 aliphatic rings. The summed E-state index contributed by atoms with van der Waals surface area (Å²) in [6.07, 6.45) is 0. The van der Waals surface area contributed by atoms with E-state index in [-0.39, 0.29) is 51.4 Å². The Balaban J connectivity index is -0.0000000750. The van der Waals surface area contributed by atoms with Gasteiger partial charge in [0.1, 0.15) is 0 Å². The molecule has 1 nitrogen and oxygen atoms in total. The molecule has 0 fully saturated rings. The van der Waals surface area contributed by atoms with Gasteiger partial charge in [-0.05, 0) is 4.93 Å². The van der Waals surface area contributed by atoms with Crippen LogP contribution in [0.1, 0.15) is 20.8 Å². The molecule has 0 aliphatic carbocycles. The van der Waals surface area contributed by atoms with Crippen LogP contribution in [0, 0.1) is 0 Å². The molecular weight excluding hydrogens is 242 g/mol. The Morgan fingerprint density at radius 3 is 1.12 bits per heavy atom. The molecule has 0 rings (SSSR count). The van der Waals surface area contributed by atoms with Gasteiger partial charge < -0.3 is 5.11 Å². The van der Waals surface area contributed by atoms with Gasteiger partial charge in [0, 0.05) is 0 Å². The van der Waals surface area contributed by atoms with Gasteiger partial charge in [-0.25, -0.2) is 0 Å². The quantitative estimate of drug-likeness (QED) is 0.284. The first-order valence-corrected chi connectivity index (χ1v) is 4.24. The van der Waals surface area contributed by atoms with E-state index >= 15 is 0 Å². The number of rotatable bonds is 0. The average Bonchev–Trinajstić information content (AvgIpc) is 1.36. The van der Waals surface area contributed by atoms with Gasteiger partial charge in [0.15, 0.2) is 0 Å². The first kappa shape index (κ1) is 16.7. The second kappa shape index (κ2) is 9.33. The second-order valence-corrected chi connectivity index (χ2v) is 2.11. The van der Waals surface area contributed by atoms with Crippen LogP contribution in [-0.2, 0) is 0 Å². The molecule has 46 valence electrons. The molecule has 0 unspecified atom stereocenters. The maximum absolute atomic E-state index is 10.1. The van der Waals surface area contributed by atoms with E-state index in [1.54, 1.807) is 20.8 Å². The summed E-state index contributed by atoms with van der Waals surface area (Å²) in [5.74, 6) is 0. The van der Waals surface area contributed by atoms with Crippen molar-refractivity contribution in [3.05, 3.63) is 0 Å². The third kappa shape index (κ3) is 82.6. The van der Waals surface area contributed by atoms with Crippen LogP contribution in [0.4, 0.5) is 0 Å². The van der Waals surface area contributed by atoms with Gasteiger partial charge in [0.05, 0.1) is 0 Å². The van der Waals surface area contributed by atoms with E-state index < -0.39 is 5.60 Å². The van der Waals surface area contributed by atoms with Gasteiger partial charge in [0.2, 0.25) is 0 Å². The predicted octanol–water partition coefficient (Wildman–Crippen LogP) is -1.80. The minimum Gasteiger partial charge on any atom is -0.850 e. The predicted molar refractivity (Wildman–Crippen MR) is 39.7 cm³/mol. The molecule has 3 heteroatoms. The summed E-state index contributed by atoms with van der Waals surface area (Å²) in [6, 6.07) is 0. The normalized spacial score (nSPS) is 8.25. The first-order chi connectivity index (χ1) is 3.00. The van der Waals surface area contributed by atoms with E-state index in [0.717, 1.165) is 0 Å². The Morgan fingerprint density at radius 1 is 1.12 bits per heavy atom. The van der Waals surface area contributed by atoms with Crippen molar-refractivity contribution in [3.63, 3.8) is 0 Å². The monoisotopic (exact) mass is 254 g/mol. The number of hydrogen-bond donors (Lipinski definition) is 0. The van der Waals surface area contributed by atoms with E-state index in [4.69, 9.17) is 0 Å². The van der Waals surface area contributed by atoms with Crippen LogP contribution < -0.4 is 56.5 Å². The molecule has 8 heavy (non-hydrogen) atoms. The Kier molecular flexibility index (Phi) is 19.5. The van der Waals surface area contributed by atoms with Crippen molar-refractivity contribution in [1.29, 1.82) is 0 Å². The summed E-state index contributed by atoms with van der Waals surface area (Å²) >= 11 is 2.15. The fourth-order valence-corrected chi connectivity index (χ4v) is 0. The van der Waals surface area contributed by atoms with E-state index in [1.807, 2.05) is 4.93 Å². The van der Waals surface area contributed by atoms with Crippen LogP contribution in [0.25, 0.3) is 0 Å². The van der Waals surface area contributed by atoms with E-state index in [1.165, 1.54) is 0 Å². The molecular formula is C5H12IKO. The SMILES string of the molecule is CC(C)(C)[O-].CI.[K+]. The van der Waals surface area contributed by atoms with Gasteiger partial charge in [0.25, 0.3) is 0 Å². The van der Waals surface area contributed by atoms with Crippen molar-refractivity contribution in [2.24, 2.45) is 0 Å². The third-order valence-electron chi connectivity index (χ3n) is 0. The van der Waals surface area contributed by atoms with Gasteiger partial charge >= 0.3 is 51.4 Å². The van der Waals surface area contributed by atoms with Gasteiger partial charge in [-0.15, -0.1) is 5.60 Å². The zero-order chi connectivity index (χ0) is 6.50. The molecule has 0 saturated carbocycles. The summed E-state index contributed by atoms with van der Waals surface area (Å²) in [5.41, 5.74) is -0.750.